The van der Waals surface area contributed by atoms with Gasteiger partial charge in [0.15, 0.2) is 0 Å². The second kappa shape index (κ2) is 5.76. The van der Waals surface area contributed by atoms with E-state index in [1.54, 1.807) is 0 Å². The van der Waals surface area contributed by atoms with Crippen molar-refractivity contribution in [2.75, 3.05) is 5.32 Å². The van der Waals surface area contributed by atoms with Gasteiger partial charge in [0.05, 0.1) is 21.9 Å². The van der Waals surface area contributed by atoms with Crippen molar-refractivity contribution in [3.8, 4) is 0 Å². The molecule has 2 N–H and O–H groups in total. The minimum atomic E-state index is -1.37. The van der Waals surface area contributed by atoms with Crippen LogP contribution in [0, 0.1) is 15.9 Å². The first-order chi connectivity index (χ1) is 9.88. The van der Waals surface area contributed by atoms with Crippen molar-refractivity contribution in [3.05, 3.63) is 62.9 Å². The highest BCUT2D eigenvalue weighted by Gasteiger charge is 2.17. The molecular weight excluding hydrogens is 303 g/mol. The predicted molar refractivity (Wildman–Crippen MR) is 74.7 cm³/mol. The van der Waals surface area contributed by atoms with E-state index >= 15 is 0 Å². The highest BCUT2D eigenvalue weighted by Crippen LogP contribution is 2.28. The van der Waals surface area contributed by atoms with Gasteiger partial charge in [-0.25, -0.2) is 9.18 Å². The largest absolute Gasteiger partial charge is 0.478 e. The van der Waals surface area contributed by atoms with Gasteiger partial charge in [-0.1, -0.05) is 11.6 Å². The third kappa shape index (κ3) is 3.26. The quantitative estimate of drug-likeness (QED) is 0.661. The van der Waals surface area contributed by atoms with Crippen LogP contribution in [-0.2, 0) is 0 Å². The fourth-order valence-corrected chi connectivity index (χ4v) is 1.84. The van der Waals surface area contributed by atoms with Crippen LogP contribution in [0.3, 0.4) is 0 Å². The van der Waals surface area contributed by atoms with E-state index in [1.807, 2.05) is 0 Å². The molecule has 0 radical (unpaired) electrons. The molecule has 0 aromatic heterocycles. The average molecular weight is 311 g/mol. The molecule has 0 spiro atoms. The molecule has 2 rings (SSSR count). The Labute approximate surface area is 122 Å². The molecule has 0 atom stereocenters. The number of nitrogens with one attached hydrogen (secondary N) is 1. The number of nitro groups is 1. The van der Waals surface area contributed by atoms with E-state index in [1.165, 1.54) is 18.2 Å². The minimum Gasteiger partial charge on any atom is -0.478 e. The highest BCUT2D eigenvalue weighted by atomic mass is 35.5. The molecule has 0 saturated carbocycles. The standard InChI is InChI=1S/C13H8ClFN2O4/c14-7-1-3-10(15)12(5-7)16-11-4-2-8(17(20)21)6-9(11)13(18)19/h1-6,16H,(H,18,19). The summed E-state index contributed by atoms with van der Waals surface area (Å²) in [6, 6.07) is 6.96. The minimum absolute atomic E-state index is 0.0225. The molecule has 0 heterocycles. The third-order valence-electron chi connectivity index (χ3n) is 2.64. The molecule has 0 saturated heterocycles. The number of hydrogen-bond acceptors (Lipinski definition) is 4. The van der Waals surface area contributed by atoms with Crippen molar-refractivity contribution in [3.63, 3.8) is 0 Å². The monoisotopic (exact) mass is 310 g/mol. The fourth-order valence-electron chi connectivity index (χ4n) is 1.67. The van der Waals surface area contributed by atoms with Crippen LogP contribution in [0.15, 0.2) is 36.4 Å². The fraction of sp³-hybridized carbons (Fsp3) is 0. The molecule has 2 aromatic carbocycles. The summed E-state index contributed by atoms with van der Waals surface area (Å²) in [5.74, 6) is -2.00. The molecule has 0 aliphatic rings. The second-order valence-corrected chi connectivity index (χ2v) is 4.48. The van der Waals surface area contributed by atoms with E-state index in [9.17, 15) is 19.3 Å². The number of anilines is 2. The van der Waals surface area contributed by atoms with Gasteiger partial charge in [0.1, 0.15) is 5.82 Å². The average Bonchev–Trinajstić information content (AvgIpc) is 2.42. The zero-order chi connectivity index (χ0) is 15.6. The summed E-state index contributed by atoms with van der Waals surface area (Å²) in [5, 5.41) is 22.6. The molecule has 0 unspecified atom stereocenters. The third-order valence-corrected chi connectivity index (χ3v) is 2.88. The van der Waals surface area contributed by atoms with Gasteiger partial charge in [-0.2, -0.15) is 0 Å². The van der Waals surface area contributed by atoms with Crippen LogP contribution < -0.4 is 5.32 Å². The van der Waals surface area contributed by atoms with Gasteiger partial charge >= 0.3 is 5.97 Å². The Kier molecular flexibility index (Phi) is 4.04. The molecule has 0 aliphatic heterocycles. The van der Waals surface area contributed by atoms with Crippen molar-refractivity contribution in [1.29, 1.82) is 0 Å². The van der Waals surface area contributed by atoms with Gasteiger partial charge < -0.3 is 10.4 Å². The Morgan fingerprint density at radius 1 is 1.24 bits per heavy atom. The first-order valence-electron chi connectivity index (χ1n) is 5.62. The summed E-state index contributed by atoms with van der Waals surface area (Å²) < 4.78 is 13.6. The van der Waals surface area contributed by atoms with Crippen molar-refractivity contribution < 1.29 is 19.2 Å². The topological polar surface area (TPSA) is 92.5 Å². The maximum absolute atomic E-state index is 13.6. The zero-order valence-corrected chi connectivity index (χ0v) is 11.1. The molecular formula is C13H8ClFN2O4. The van der Waals surface area contributed by atoms with Gasteiger partial charge in [-0.05, 0) is 24.3 Å². The first kappa shape index (κ1) is 14.7. The van der Waals surface area contributed by atoms with Gasteiger partial charge in [0.25, 0.3) is 5.69 Å². The summed E-state index contributed by atoms with van der Waals surface area (Å²) in [5.41, 5.74) is -0.721. The van der Waals surface area contributed by atoms with Crippen LogP contribution in [0.5, 0.6) is 0 Å². The Balaban J connectivity index is 2.46. The molecule has 0 fully saturated rings. The Morgan fingerprint density at radius 3 is 2.57 bits per heavy atom. The lowest BCUT2D eigenvalue weighted by Gasteiger charge is -2.10. The van der Waals surface area contributed by atoms with E-state index in [2.05, 4.69) is 5.32 Å². The summed E-state index contributed by atoms with van der Waals surface area (Å²) in [6.45, 7) is 0. The second-order valence-electron chi connectivity index (χ2n) is 4.04. The number of carboxylic acids is 1. The van der Waals surface area contributed by atoms with Crippen LogP contribution in [0.2, 0.25) is 5.02 Å². The highest BCUT2D eigenvalue weighted by molar-refractivity contribution is 6.30. The Hall–Kier alpha value is -2.67. The number of rotatable bonds is 4. The van der Waals surface area contributed by atoms with Gasteiger partial charge in [0.2, 0.25) is 0 Å². The summed E-state index contributed by atoms with van der Waals surface area (Å²) >= 11 is 5.74. The van der Waals surface area contributed by atoms with Crippen molar-refractivity contribution in [2.24, 2.45) is 0 Å². The molecule has 2 aromatic rings. The Bertz CT molecular complexity index is 736. The normalized spacial score (nSPS) is 10.2. The maximum Gasteiger partial charge on any atom is 0.338 e. The van der Waals surface area contributed by atoms with Crippen molar-refractivity contribution >= 4 is 34.6 Å². The van der Waals surface area contributed by atoms with E-state index in [4.69, 9.17) is 16.7 Å². The van der Waals surface area contributed by atoms with Crippen LogP contribution in [-0.4, -0.2) is 16.0 Å². The van der Waals surface area contributed by atoms with E-state index in [0.29, 0.717) is 0 Å². The molecule has 0 aliphatic carbocycles. The molecule has 0 amide bonds. The lowest BCUT2D eigenvalue weighted by atomic mass is 10.1. The number of carbonyl (C=O) groups is 1. The van der Waals surface area contributed by atoms with Crippen LogP contribution >= 0.6 is 11.6 Å². The van der Waals surface area contributed by atoms with Gasteiger partial charge in [-0.15, -0.1) is 0 Å². The number of nitro benzene ring substituents is 1. The predicted octanol–water partition coefficient (Wildman–Crippen LogP) is 3.83. The van der Waals surface area contributed by atoms with Gasteiger partial charge in [0, 0.05) is 17.2 Å². The smallest absolute Gasteiger partial charge is 0.338 e. The van der Waals surface area contributed by atoms with Crippen molar-refractivity contribution in [2.45, 2.75) is 0 Å². The molecule has 6 nitrogen and oxygen atoms in total. The molecule has 0 bridgehead atoms. The van der Waals surface area contributed by atoms with Crippen LogP contribution in [0.1, 0.15) is 10.4 Å². The van der Waals surface area contributed by atoms with Crippen LogP contribution in [0.4, 0.5) is 21.5 Å². The molecule has 8 heteroatoms. The molecule has 108 valence electrons. The number of hydrogen-bond donors (Lipinski definition) is 2. The number of carboxylic acid groups (broad SMARTS) is 1. The summed E-state index contributed by atoms with van der Waals surface area (Å²) in [7, 11) is 0. The lowest BCUT2D eigenvalue weighted by Crippen LogP contribution is -2.04. The van der Waals surface area contributed by atoms with E-state index < -0.39 is 16.7 Å². The van der Waals surface area contributed by atoms with E-state index in [-0.39, 0.29) is 27.6 Å². The number of benzene rings is 2. The van der Waals surface area contributed by atoms with Crippen molar-refractivity contribution in [1.82, 2.24) is 0 Å². The number of nitrogens with zero attached hydrogens (tertiary/aromatic N) is 1. The lowest BCUT2D eigenvalue weighted by molar-refractivity contribution is -0.384. The number of aromatic carboxylic acids is 1. The van der Waals surface area contributed by atoms with E-state index in [0.717, 1.165) is 18.2 Å². The Morgan fingerprint density at radius 2 is 1.95 bits per heavy atom. The number of non-ortho nitro benzene ring substituents is 1. The maximum atomic E-state index is 13.6. The first-order valence-corrected chi connectivity index (χ1v) is 6.00. The van der Waals surface area contributed by atoms with Gasteiger partial charge in [-0.3, -0.25) is 10.1 Å². The van der Waals surface area contributed by atoms with Crippen LogP contribution in [0.25, 0.3) is 0 Å². The SMILES string of the molecule is O=C(O)c1cc([N+](=O)[O-])ccc1Nc1cc(Cl)ccc1F. The summed E-state index contributed by atoms with van der Waals surface area (Å²) in [4.78, 5) is 21.1. The summed E-state index contributed by atoms with van der Waals surface area (Å²) in [6.07, 6.45) is 0. The number of halogens is 2. The zero-order valence-electron chi connectivity index (χ0n) is 10.3. The molecule has 21 heavy (non-hydrogen) atoms.